The Hall–Kier alpha value is -3.49. The van der Waals surface area contributed by atoms with E-state index in [9.17, 15) is 22.8 Å². The molecule has 0 atom stereocenters. The Bertz CT molecular complexity index is 1200. The van der Waals surface area contributed by atoms with Crippen molar-refractivity contribution in [2.24, 2.45) is 0 Å². The van der Waals surface area contributed by atoms with E-state index in [1.54, 1.807) is 23.1 Å². The zero-order valence-corrected chi connectivity index (χ0v) is 18.6. The highest BCUT2D eigenvalue weighted by Crippen LogP contribution is 2.50. The van der Waals surface area contributed by atoms with Crippen molar-refractivity contribution in [3.05, 3.63) is 59.2 Å². The maximum Gasteiger partial charge on any atom is 0.416 e. The summed E-state index contributed by atoms with van der Waals surface area (Å²) in [6, 6.07) is 8.52. The Morgan fingerprint density at radius 2 is 2.06 bits per heavy atom. The Morgan fingerprint density at radius 1 is 1.26 bits per heavy atom. The van der Waals surface area contributed by atoms with Gasteiger partial charge in [0.25, 0.3) is 0 Å². The molecule has 2 heterocycles. The maximum absolute atomic E-state index is 13.2. The first-order valence-corrected chi connectivity index (χ1v) is 11.3. The fraction of sp³-hybridized carbons (Fsp3) is 0.360. The molecule has 2 aromatic rings. The van der Waals surface area contributed by atoms with Crippen LogP contribution in [0.5, 0.6) is 5.75 Å². The lowest BCUT2D eigenvalue weighted by Gasteiger charge is -2.46. The molecule has 0 unspecified atom stereocenters. The lowest BCUT2D eigenvalue weighted by molar-refractivity contribution is -0.138. The number of benzene rings is 2. The van der Waals surface area contributed by atoms with Gasteiger partial charge >= 0.3 is 12.2 Å². The molecule has 0 bridgehead atoms. The van der Waals surface area contributed by atoms with Crippen LogP contribution in [0.1, 0.15) is 49.3 Å². The van der Waals surface area contributed by atoms with E-state index in [1.165, 1.54) is 12.1 Å². The molecule has 3 aliphatic rings. The largest absolute Gasteiger partial charge is 0.486 e. The van der Waals surface area contributed by atoms with E-state index < -0.39 is 17.3 Å². The molecule has 2 aromatic carbocycles. The minimum Gasteiger partial charge on any atom is -0.486 e. The van der Waals surface area contributed by atoms with Crippen LogP contribution >= 0.6 is 0 Å². The van der Waals surface area contributed by atoms with Gasteiger partial charge in [0.1, 0.15) is 11.4 Å². The molecular weight excluding hydrogens is 447 g/mol. The van der Waals surface area contributed by atoms with Gasteiger partial charge < -0.3 is 20.3 Å². The molecule has 2 N–H and O–H groups in total. The molecule has 2 aliphatic heterocycles. The highest BCUT2D eigenvalue weighted by atomic mass is 19.4. The third kappa shape index (κ3) is 3.99. The number of nitrogens with one attached hydrogen (secondary N) is 2. The van der Waals surface area contributed by atoms with Crippen LogP contribution in [-0.4, -0.2) is 29.0 Å². The molecular formula is C25H24F3N3O3. The second-order valence-electron chi connectivity index (χ2n) is 8.96. The number of rotatable bonds is 3. The van der Waals surface area contributed by atoms with Gasteiger partial charge in [-0.1, -0.05) is 12.1 Å². The van der Waals surface area contributed by atoms with Crippen molar-refractivity contribution in [3.8, 4) is 5.75 Å². The Morgan fingerprint density at radius 3 is 2.74 bits per heavy atom. The van der Waals surface area contributed by atoms with Crippen molar-refractivity contribution < 1.29 is 27.5 Å². The van der Waals surface area contributed by atoms with E-state index in [-0.39, 0.29) is 17.7 Å². The first-order chi connectivity index (χ1) is 16.2. The van der Waals surface area contributed by atoms with Crippen LogP contribution in [0, 0.1) is 0 Å². The minimum atomic E-state index is -4.47. The minimum absolute atomic E-state index is 0.165. The van der Waals surface area contributed by atoms with Crippen LogP contribution in [0.25, 0.3) is 5.57 Å². The summed E-state index contributed by atoms with van der Waals surface area (Å²) in [5, 5.41) is 5.72. The molecule has 6 nitrogen and oxygen atoms in total. The van der Waals surface area contributed by atoms with Gasteiger partial charge in [-0.25, -0.2) is 4.79 Å². The van der Waals surface area contributed by atoms with Crippen molar-refractivity contribution in [1.29, 1.82) is 0 Å². The Kier molecular flexibility index (Phi) is 5.30. The highest BCUT2D eigenvalue weighted by molar-refractivity contribution is 6.06. The van der Waals surface area contributed by atoms with Gasteiger partial charge in [0.15, 0.2) is 0 Å². The molecule has 9 heteroatoms. The topological polar surface area (TPSA) is 70.7 Å². The Labute approximate surface area is 194 Å². The number of carbonyl (C=O) groups is 2. The summed E-state index contributed by atoms with van der Waals surface area (Å²) in [5.41, 5.74) is 1.85. The summed E-state index contributed by atoms with van der Waals surface area (Å²) in [7, 11) is 0. The third-order valence-corrected chi connectivity index (χ3v) is 6.76. The molecule has 178 valence electrons. The fourth-order valence-corrected chi connectivity index (χ4v) is 4.77. The van der Waals surface area contributed by atoms with Crippen molar-refractivity contribution in [2.75, 3.05) is 17.2 Å². The number of halogens is 3. The smallest absolute Gasteiger partial charge is 0.416 e. The van der Waals surface area contributed by atoms with Gasteiger partial charge in [0.2, 0.25) is 5.91 Å². The summed E-state index contributed by atoms with van der Waals surface area (Å²) < 4.78 is 45.8. The lowest BCUT2D eigenvalue weighted by Crippen LogP contribution is -2.45. The number of anilines is 2. The predicted molar refractivity (Wildman–Crippen MR) is 121 cm³/mol. The number of urea groups is 1. The number of amides is 3. The van der Waals surface area contributed by atoms with Crippen LogP contribution in [0.4, 0.5) is 29.3 Å². The zero-order valence-electron chi connectivity index (χ0n) is 18.6. The maximum atomic E-state index is 13.2. The highest BCUT2D eigenvalue weighted by Gasteiger charge is 2.44. The summed E-state index contributed by atoms with van der Waals surface area (Å²) >= 11 is 0. The third-order valence-electron chi connectivity index (χ3n) is 6.76. The SMILES string of the molecule is CCN1Cc2c(NC(=O)C=C3CC4(CCC4)Oc4cc(C(F)(F)F)ccc43)cccc2NC1=O. The second kappa shape index (κ2) is 8.07. The molecule has 1 fully saturated rings. The summed E-state index contributed by atoms with van der Waals surface area (Å²) in [6.45, 7) is 2.76. The molecule has 1 aliphatic carbocycles. The number of alkyl halides is 3. The van der Waals surface area contributed by atoms with Gasteiger partial charge in [-0.15, -0.1) is 0 Å². The quantitative estimate of drug-likeness (QED) is 0.556. The zero-order chi connectivity index (χ0) is 24.1. The first kappa shape index (κ1) is 22.3. The monoisotopic (exact) mass is 471 g/mol. The fourth-order valence-electron chi connectivity index (χ4n) is 4.77. The molecule has 0 saturated heterocycles. The van der Waals surface area contributed by atoms with Gasteiger partial charge in [-0.3, -0.25) is 4.79 Å². The van der Waals surface area contributed by atoms with E-state index in [0.29, 0.717) is 42.0 Å². The van der Waals surface area contributed by atoms with Crippen molar-refractivity contribution in [2.45, 2.75) is 50.9 Å². The summed E-state index contributed by atoms with van der Waals surface area (Å²) in [4.78, 5) is 26.8. The number of hydrogen-bond donors (Lipinski definition) is 2. The van der Waals surface area contributed by atoms with Crippen LogP contribution in [-0.2, 0) is 17.5 Å². The Balaban J connectivity index is 1.45. The molecule has 1 saturated carbocycles. The van der Waals surface area contributed by atoms with Crippen LogP contribution < -0.4 is 15.4 Å². The van der Waals surface area contributed by atoms with Crippen LogP contribution in [0.15, 0.2) is 42.5 Å². The number of fused-ring (bicyclic) bond motifs is 2. The first-order valence-electron chi connectivity index (χ1n) is 11.3. The molecule has 1 spiro atoms. The molecule has 0 aromatic heterocycles. The summed E-state index contributed by atoms with van der Waals surface area (Å²) in [6.07, 6.45) is -0.152. The standard InChI is InChI=1S/C25H24F3N3O3/c1-2-31-14-18-19(5-3-6-20(18)30-23(31)33)29-22(32)11-15-13-24(9-4-10-24)34-21-12-16(25(26,27)28)7-8-17(15)21/h3,5-8,11-12H,2,4,9-10,13-14H2,1H3,(H,29,32)(H,30,33). The van der Waals surface area contributed by atoms with Crippen LogP contribution in [0.2, 0.25) is 0 Å². The van der Waals surface area contributed by atoms with E-state index in [2.05, 4.69) is 10.6 Å². The van der Waals surface area contributed by atoms with Crippen molar-refractivity contribution in [3.63, 3.8) is 0 Å². The van der Waals surface area contributed by atoms with E-state index in [1.807, 2.05) is 6.92 Å². The molecule has 5 rings (SSSR count). The lowest BCUT2D eigenvalue weighted by atomic mass is 9.72. The second-order valence-corrected chi connectivity index (χ2v) is 8.96. The van der Waals surface area contributed by atoms with Gasteiger partial charge in [-0.05, 0) is 56.0 Å². The molecule has 0 radical (unpaired) electrons. The number of carbonyl (C=O) groups excluding carboxylic acids is 2. The van der Waals surface area contributed by atoms with Crippen LogP contribution in [0.3, 0.4) is 0 Å². The average Bonchev–Trinajstić information content (AvgIpc) is 2.76. The average molecular weight is 471 g/mol. The van der Waals surface area contributed by atoms with E-state index in [0.717, 1.165) is 37.0 Å². The van der Waals surface area contributed by atoms with Gasteiger partial charge in [-0.2, -0.15) is 13.2 Å². The summed E-state index contributed by atoms with van der Waals surface area (Å²) in [5.74, 6) is -0.219. The van der Waals surface area contributed by atoms with E-state index >= 15 is 0 Å². The number of hydrogen-bond acceptors (Lipinski definition) is 3. The van der Waals surface area contributed by atoms with Crippen molar-refractivity contribution in [1.82, 2.24) is 4.90 Å². The van der Waals surface area contributed by atoms with Crippen molar-refractivity contribution >= 4 is 28.9 Å². The number of ether oxygens (including phenoxy) is 1. The molecule has 3 amide bonds. The molecule has 34 heavy (non-hydrogen) atoms. The normalized spacial score (nSPS) is 19.6. The van der Waals surface area contributed by atoms with Gasteiger partial charge in [0.05, 0.1) is 12.1 Å². The number of nitrogens with zero attached hydrogens (tertiary/aromatic N) is 1. The van der Waals surface area contributed by atoms with E-state index in [4.69, 9.17) is 4.74 Å². The predicted octanol–water partition coefficient (Wildman–Crippen LogP) is 5.80. The van der Waals surface area contributed by atoms with Gasteiger partial charge in [0, 0.05) is 41.5 Å².